The van der Waals surface area contributed by atoms with Crippen LogP contribution in [-0.2, 0) is 31.7 Å². The van der Waals surface area contributed by atoms with Gasteiger partial charge in [-0.1, -0.05) is 0 Å². The van der Waals surface area contributed by atoms with E-state index in [0.717, 1.165) is 25.3 Å². The van der Waals surface area contributed by atoms with Gasteiger partial charge in [-0.15, -0.1) is 10.2 Å². The molecule has 0 atom stereocenters. The Hall–Kier alpha value is -3.54. The summed E-state index contributed by atoms with van der Waals surface area (Å²) in [7, 11) is 1.77. The lowest BCUT2D eigenvalue weighted by Crippen LogP contribution is -2.47. The molecule has 3 heterocycles. The lowest BCUT2D eigenvalue weighted by molar-refractivity contribution is -0.138. The zero-order valence-corrected chi connectivity index (χ0v) is 23.2. The fraction of sp³-hybridized carbons (Fsp3) is 0.517. The van der Waals surface area contributed by atoms with E-state index in [1.807, 2.05) is 0 Å². The van der Waals surface area contributed by atoms with E-state index in [1.54, 1.807) is 36.7 Å². The van der Waals surface area contributed by atoms with Gasteiger partial charge in [-0.25, -0.2) is 4.39 Å². The Morgan fingerprint density at radius 1 is 1.17 bits per heavy atom. The van der Waals surface area contributed by atoms with E-state index >= 15 is 0 Å². The number of hydrogen-bond donors (Lipinski definition) is 1. The second-order valence-electron chi connectivity index (χ2n) is 11.7. The molecule has 0 unspecified atom stereocenters. The van der Waals surface area contributed by atoms with Crippen molar-refractivity contribution >= 4 is 11.7 Å². The summed E-state index contributed by atoms with van der Waals surface area (Å²) in [4.78, 5) is 19.4. The number of benzene rings is 1. The molecule has 8 nitrogen and oxygen atoms in total. The summed E-state index contributed by atoms with van der Waals surface area (Å²) in [6.45, 7) is 4.04. The summed E-state index contributed by atoms with van der Waals surface area (Å²) in [6.07, 6.45) is -0.869. The second-order valence-corrected chi connectivity index (χ2v) is 11.7. The first-order valence-electron chi connectivity index (χ1n) is 13.9. The first kappa shape index (κ1) is 27.6. The molecule has 0 saturated heterocycles. The molecule has 2 aliphatic carbocycles. The number of aryl methyl sites for hydroxylation is 1. The van der Waals surface area contributed by atoms with Gasteiger partial charge in [0, 0.05) is 30.8 Å². The Morgan fingerprint density at radius 2 is 1.93 bits per heavy atom. The summed E-state index contributed by atoms with van der Waals surface area (Å²) in [6, 6.07) is 6.02. The summed E-state index contributed by atoms with van der Waals surface area (Å²) in [5.41, 5.74) is -0.811. The maximum Gasteiger partial charge on any atom is 0.416 e. The topological polar surface area (TPSA) is 85.2 Å². The van der Waals surface area contributed by atoms with Crippen LogP contribution >= 0.6 is 0 Å². The molecule has 0 bridgehead atoms. The molecule has 1 N–H and O–H groups in total. The number of anilines is 1. The van der Waals surface area contributed by atoms with Crippen LogP contribution in [0.1, 0.15) is 84.4 Å². The van der Waals surface area contributed by atoms with Crippen LogP contribution in [0.25, 0.3) is 0 Å². The van der Waals surface area contributed by atoms with E-state index in [0.29, 0.717) is 17.0 Å². The van der Waals surface area contributed by atoms with Crippen molar-refractivity contribution in [1.82, 2.24) is 25.1 Å². The zero-order chi connectivity index (χ0) is 29.2. The van der Waals surface area contributed by atoms with Crippen molar-refractivity contribution in [3.63, 3.8) is 0 Å². The Balaban J connectivity index is 1.40. The number of nitrogens with one attached hydrogen (secondary N) is 1. The van der Waals surface area contributed by atoms with Crippen LogP contribution < -0.4 is 15.0 Å². The molecule has 2 fully saturated rings. The Labute approximate surface area is 235 Å². The molecule has 3 aromatic rings. The molecular weight excluding hydrogens is 540 g/mol. The molecule has 1 amide bonds. The van der Waals surface area contributed by atoms with Crippen molar-refractivity contribution in [1.29, 1.82) is 0 Å². The number of carbonyl (C=O) groups is 1. The van der Waals surface area contributed by atoms with Crippen LogP contribution in [0.5, 0.6) is 5.88 Å². The molecule has 218 valence electrons. The zero-order valence-electron chi connectivity index (χ0n) is 23.2. The third-order valence-electron chi connectivity index (χ3n) is 8.77. The first-order valence-corrected chi connectivity index (χ1v) is 13.9. The lowest BCUT2D eigenvalue weighted by Gasteiger charge is -2.43. The number of halogens is 4. The van der Waals surface area contributed by atoms with Crippen molar-refractivity contribution in [3.8, 4) is 5.88 Å². The minimum atomic E-state index is -4.64. The summed E-state index contributed by atoms with van der Waals surface area (Å²) in [5.74, 6) is 0.325. The number of ether oxygens (including phenoxy) is 1. The highest BCUT2D eigenvalue weighted by Crippen LogP contribution is 2.51. The molecule has 2 aromatic heterocycles. The predicted molar refractivity (Wildman–Crippen MR) is 142 cm³/mol. The number of amides is 1. The van der Waals surface area contributed by atoms with Gasteiger partial charge in [-0.3, -0.25) is 9.69 Å². The van der Waals surface area contributed by atoms with Crippen molar-refractivity contribution in [2.45, 2.75) is 82.3 Å². The highest BCUT2D eigenvalue weighted by atomic mass is 19.4. The van der Waals surface area contributed by atoms with Gasteiger partial charge >= 0.3 is 6.18 Å². The smallest absolute Gasteiger partial charge is 0.416 e. The molecule has 3 aliphatic rings. The largest absolute Gasteiger partial charge is 0.478 e. The molecule has 0 spiro atoms. The van der Waals surface area contributed by atoms with E-state index < -0.39 is 29.2 Å². The van der Waals surface area contributed by atoms with Gasteiger partial charge in [-0.05, 0) is 80.8 Å². The van der Waals surface area contributed by atoms with E-state index in [1.165, 1.54) is 11.2 Å². The molecule has 41 heavy (non-hydrogen) atoms. The highest BCUT2D eigenvalue weighted by molar-refractivity contribution is 6.10. The minimum absolute atomic E-state index is 0.0102. The molecule has 12 heteroatoms. The van der Waals surface area contributed by atoms with Gasteiger partial charge in [-0.2, -0.15) is 18.2 Å². The third kappa shape index (κ3) is 4.75. The van der Waals surface area contributed by atoms with Gasteiger partial charge in [0.05, 0.1) is 24.1 Å². The van der Waals surface area contributed by atoms with Crippen LogP contribution in [0.4, 0.5) is 23.4 Å². The van der Waals surface area contributed by atoms with Crippen molar-refractivity contribution < 1.29 is 27.1 Å². The molecule has 0 radical (unpaired) electrons. The Kier molecular flexibility index (Phi) is 6.59. The second kappa shape index (κ2) is 9.78. The predicted octanol–water partition coefficient (Wildman–Crippen LogP) is 5.24. The van der Waals surface area contributed by atoms with E-state index in [4.69, 9.17) is 4.74 Å². The van der Waals surface area contributed by atoms with Crippen LogP contribution in [-0.4, -0.2) is 44.0 Å². The van der Waals surface area contributed by atoms with Crippen molar-refractivity contribution in [3.05, 3.63) is 64.2 Å². The van der Waals surface area contributed by atoms with Gasteiger partial charge in [0.2, 0.25) is 5.88 Å². The molecule has 1 aliphatic heterocycles. The van der Waals surface area contributed by atoms with E-state index in [2.05, 4.69) is 27.4 Å². The van der Waals surface area contributed by atoms with Crippen LogP contribution in [0.2, 0.25) is 0 Å². The average molecular weight is 573 g/mol. The summed E-state index contributed by atoms with van der Waals surface area (Å²) >= 11 is 0. The highest BCUT2D eigenvalue weighted by Gasteiger charge is 2.51. The maximum atomic E-state index is 14.4. The number of carbonyl (C=O) groups excluding carboxylic acids is 1. The van der Waals surface area contributed by atoms with Gasteiger partial charge < -0.3 is 14.6 Å². The minimum Gasteiger partial charge on any atom is -0.478 e. The Bertz CT molecular complexity index is 1490. The SMILES string of the molecule is CCOc1cc(C2(c3nncn3C)CC(F)C2)cc(N2Cc3c(cc(CNC4(C)CCC4)cc3C(F)(F)F)C2=O)n1. The maximum absolute atomic E-state index is 14.4. The quantitative estimate of drug-likeness (QED) is 0.372. The molecule has 6 rings (SSSR count). The van der Waals surface area contributed by atoms with Gasteiger partial charge in [0.15, 0.2) is 0 Å². The number of pyridine rings is 1. The summed E-state index contributed by atoms with van der Waals surface area (Å²) < 4.78 is 64.6. The third-order valence-corrected chi connectivity index (χ3v) is 8.77. The van der Waals surface area contributed by atoms with Gasteiger partial charge in [0.25, 0.3) is 5.91 Å². The normalized spacial score (nSPS) is 23.2. The number of fused-ring (bicyclic) bond motifs is 1. The Morgan fingerprint density at radius 3 is 2.51 bits per heavy atom. The molecule has 2 saturated carbocycles. The molecular formula is C29H32F4N6O2. The first-order chi connectivity index (χ1) is 19.4. The standard InChI is InChI=1S/C29H32F4N6O2/c1-4-41-24-11-18(28(12-19(30)13-28)26-37-35-16-38(26)3)10-23(36-24)39-15-21-20(25(39)40)8-17(9-22(21)29(31,32)33)14-34-27(2)6-5-7-27/h8-11,16,19,34H,4-7,12-15H2,1-3H3. The fourth-order valence-electron chi connectivity index (χ4n) is 6.30. The van der Waals surface area contributed by atoms with Crippen LogP contribution in [0.15, 0.2) is 30.6 Å². The van der Waals surface area contributed by atoms with Crippen LogP contribution in [0.3, 0.4) is 0 Å². The number of hydrogen-bond acceptors (Lipinski definition) is 6. The number of aromatic nitrogens is 4. The fourth-order valence-corrected chi connectivity index (χ4v) is 6.30. The van der Waals surface area contributed by atoms with E-state index in [-0.39, 0.29) is 60.9 Å². The van der Waals surface area contributed by atoms with Crippen molar-refractivity contribution in [2.75, 3.05) is 11.5 Å². The number of nitrogens with zero attached hydrogens (tertiary/aromatic N) is 5. The number of alkyl halides is 4. The molecule has 1 aromatic carbocycles. The van der Waals surface area contributed by atoms with Gasteiger partial charge in [0.1, 0.15) is 24.1 Å². The van der Waals surface area contributed by atoms with Crippen LogP contribution in [0, 0.1) is 0 Å². The van der Waals surface area contributed by atoms with E-state index in [9.17, 15) is 22.4 Å². The summed E-state index contributed by atoms with van der Waals surface area (Å²) in [5, 5.41) is 11.6. The monoisotopic (exact) mass is 572 g/mol. The number of rotatable bonds is 8. The average Bonchev–Trinajstić information content (AvgIpc) is 3.46. The lowest BCUT2D eigenvalue weighted by atomic mass is 9.62. The van der Waals surface area contributed by atoms with Crippen molar-refractivity contribution in [2.24, 2.45) is 7.05 Å².